The number of hydrogen-bond acceptors (Lipinski definition) is 2. The molecule has 0 heterocycles. The molecule has 3 heteroatoms. The lowest BCUT2D eigenvalue weighted by atomic mass is 9.90. The van der Waals surface area contributed by atoms with Gasteiger partial charge in [0.05, 0.1) is 6.04 Å². The monoisotopic (exact) mass is 248 g/mol. The molecule has 0 saturated heterocycles. The summed E-state index contributed by atoms with van der Waals surface area (Å²) in [7, 11) is 0. The molecule has 0 fully saturated rings. The van der Waals surface area contributed by atoms with Gasteiger partial charge in [-0.05, 0) is 37.8 Å². The molecule has 0 aliphatic rings. The number of amides is 1. The third-order valence-electron chi connectivity index (χ3n) is 3.28. The molecule has 1 aromatic rings. The zero-order valence-corrected chi connectivity index (χ0v) is 11.9. The first kappa shape index (κ1) is 14.7. The fourth-order valence-electron chi connectivity index (χ4n) is 1.98. The second kappa shape index (κ2) is 5.53. The maximum absolute atomic E-state index is 11.1. The first-order chi connectivity index (χ1) is 8.24. The molecule has 0 saturated carbocycles. The van der Waals surface area contributed by atoms with Gasteiger partial charge in [0.25, 0.3) is 0 Å². The topological polar surface area (TPSA) is 55.1 Å². The molecule has 1 atom stereocenters. The maximum atomic E-state index is 11.1. The minimum absolute atomic E-state index is 0.278. The van der Waals surface area contributed by atoms with E-state index in [0.717, 1.165) is 0 Å². The molecule has 1 unspecified atom stereocenters. The van der Waals surface area contributed by atoms with Crippen LogP contribution in [-0.4, -0.2) is 11.9 Å². The summed E-state index contributed by atoms with van der Waals surface area (Å²) >= 11 is 0. The highest BCUT2D eigenvalue weighted by Gasteiger charge is 2.24. The number of nitrogens with one attached hydrogen (secondary N) is 1. The van der Waals surface area contributed by atoms with Crippen molar-refractivity contribution < 1.29 is 4.79 Å². The second-order valence-electron chi connectivity index (χ2n) is 5.67. The molecule has 100 valence electrons. The molecule has 18 heavy (non-hydrogen) atoms. The molecular formula is C15H24N2O. The van der Waals surface area contributed by atoms with Gasteiger partial charge >= 0.3 is 0 Å². The molecule has 0 aromatic heterocycles. The number of hydrogen-bond donors (Lipinski definition) is 2. The Morgan fingerprint density at radius 3 is 2.39 bits per heavy atom. The highest BCUT2D eigenvalue weighted by atomic mass is 16.1. The van der Waals surface area contributed by atoms with Gasteiger partial charge in [0.1, 0.15) is 0 Å². The van der Waals surface area contributed by atoms with Gasteiger partial charge in [-0.25, -0.2) is 0 Å². The Hall–Kier alpha value is -1.35. The lowest BCUT2D eigenvalue weighted by Crippen LogP contribution is -2.48. The summed E-state index contributed by atoms with van der Waals surface area (Å²) < 4.78 is 0. The summed E-state index contributed by atoms with van der Waals surface area (Å²) in [4.78, 5) is 11.1. The van der Waals surface area contributed by atoms with Crippen molar-refractivity contribution >= 4 is 5.91 Å². The van der Waals surface area contributed by atoms with E-state index in [2.05, 4.69) is 57.3 Å². The van der Waals surface area contributed by atoms with Crippen LogP contribution in [0.1, 0.15) is 51.7 Å². The SMILES string of the molecule is CC(NC(C)(C)c1cccc(C(C)C)c1)C(N)=O. The van der Waals surface area contributed by atoms with Gasteiger partial charge < -0.3 is 5.73 Å². The Bertz CT molecular complexity index is 424. The van der Waals surface area contributed by atoms with E-state index < -0.39 is 0 Å². The fourth-order valence-corrected chi connectivity index (χ4v) is 1.98. The molecule has 0 radical (unpaired) electrons. The lowest BCUT2D eigenvalue weighted by molar-refractivity contribution is -0.120. The van der Waals surface area contributed by atoms with Gasteiger partial charge in [-0.3, -0.25) is 10.1 Å². The van der Waals surface area contributed by atoms with Gasteiger partial charge in [-0.2, -0.15) is 0 Å². The van der Waals surface area contributed by atoms with Crippen molar-refractivity contribution in [2.24, 2.45) is 5.73 Å². The number of primary amides is 1. The summed E-state index contributed by atoms with van der Waals surface area (Å²) in [6, 6.07) is 8.10. The number of benzene rings is 1. The molecule has 0 aliphatic carbocycles. The van der Waals surface area contributed by atoms with Gasteiger partial charge in [0.2, 0.25) is 5.91 Å². The van der Waals surface area contributed by atoms with E-state index in [1.54, 1.807) is 6.92 Å². The first-order valence-electron chi connectivity index (χ1n) is 6.41. The summed E-state index contributed by atoms with van der Waals surface area (Å²) in [6.45, 7) is 10.3. The van der Waals surface area contributed by atoms with Crippen LogP contribution >= 0.6 is 0 Å². The minimum Gasteiger partial charge on any atom is -0.368 e. The van der Waals surface area contributed by atoms with E-state index in [9.17, 15) is 4.79 Å². The van der Waals surface area contributed by atoms with Crippen molar-refractivity contribution in [3.8, 4) is 0 Å². The molecule has 3 N–H and O–H groups in total. The number of rotatable bonds is 5. The summed E-state index contributed by atoms with van der Waals surface area (Å²) in [5.41, 5.74) is 7.49. The zero-order valence-electron chi connectivity index (χ0n) is 11.9. The Labute approximate surface area is 110 Å². The van der Waals surface area contributed by atoms with E-state index in [1.165, 1.54) is 11.1 Å². The van der Waals surface area contributed by atoms with Crippen LogP contribution in [0.25, 0.3) is 0 Å². The molecule has 3 nitrogen and oxygen atoms in total. The van der Waals surface area contributed by atoms with E-state index in [4.69, 9.17) is 5.73 Å². The van der Waals surface area contributed by atoms with Crippen LogP contribution in [0.4, 0.5) is 0 Å². The van der Waals surface area contributed by atoms with Gasteiger partial charge in [0, 0.05) is 5.54 Å². The smallest absolute Gasteiger partial charge is 0.234 e. The number of carbonyl (C=O) groups excluding carboxylic acids is 1. The molecule has 1 aromatic carbocycles. The van der Waals surface area contributed by atoms with Gasteiger partial charge in [-0.1, -0.05) is 38.1 Å². The maximum Gasteiger partial charge on any atom is 0.234 e. The standard InChI is InChI=1S/C15H24N2O/c1-10(2)12-7-6-8-13(9-12)15(4,5)17-11(3)14(16)18/h6-11,17H,1-5H3,(H2,16,18). The summed E-state index contributed by atoms with van der Waals surface area (Å²) in [5, 5.41) is 3.26. The van der Waals surface area contributed by atoms with Crippen molar-refractivity contribution in [3.05, 3.63) is 35.4 Å². The average Bonchev–Trinajstić information content (AvgIpc) is 2.28. The van der Waals surface area contributed by atoms with Gasteiger partial charge in [-0.15, -0.1) is 0 Å². The highest BCUT2D eigenvalue weighted by molar-refractivity contribution is 5.79. The first-order valence-corrected chi connectivity index (χ1v) is 6.41. The molecule has 0 spiro atoms. The quantitative estimate of drug-likeness (QED) is 0.841. The molecule has 0 aliphatic heterocycles. The number of nitrogens with two attached hydrogens (primary N) is 1. The van der Waals surface area contributed by atoms with Crippen LogP contribution in [0.3, 0.4) is 0 Å². The summed E-state index contributed by atoms with van der Waals surface area (Å²) in [6.07, 6.45) is 0. The van der Waals surface area contributed by atoms with Crippen LogP contribution < -0.4 is 11.1 Å². The lowest BCUT2D eigenvalue weighted by Gasteiger charge is -2.30. The zero-order chi connectivity index (χ0) is 13.9. The summed E-state index contributed by atoms with van der Waals surface area (Å²) in [5.74, 6) is 0.164. The third kappa shape index (κ3) is 3.57. The van der Waals surface area contributed by atoms with Crippen LogP contribution in [0.15, 0.2) is 24.3 Å². The molecule has 0 bridgehead atoms. The molecular weight excluding hydrogens is 224 g/mol. The predicted octanol–water partition coefficient (Wildman–Crippen LogP) is 2.51. The van der Waals surface area contributed by atoms with Crippen molar-refractivity contribution in [1.82, 2.24) is 5.32 Å². The van der Waals surface area contributed by atoms with Crippen molar-refractivity contribution in [2.45, 2.75) is 52.1 Å². The van der Waals surface area contributed by atoms with E-state index in [1.807, 2.05) is 0 Å². The van der Waals surface area contributed by atoms with Gasteiger partial charge in [0.15, 0.2) is 0 Å². The average molecular weight is 248 g/mol. The Morgan fingerprint density at radius 1 is 1.28 bits per heavy atom. The molecule has 1 rings (SSSR count). The third-order valence-corrected chi connectivity index (χ3v) is 3.28. The number of carbonyl (C=O) groups is 1. The van der Waals surface area contributed by atoms with Crippen molar-refractivity contribution in [2.75, 3.05) is 0 Å². The van der Waals surface area contributed by atoms with E-state index in [0.29, 0.717) is 5.92 Å². The van der Waals surface area contributed by atoms with Crippen LogP contribution in [-0.2, 0) is 10.3 Å². The normalized spacial score (nSPS) is 13.7. The molecule has 1 amide bonds. The van der Waals surface area contributed by atoms with Crippen molar-refractivity contribution in [1.29, 1.82) is 0 Å². The Kier molecular flexibility index (Phi) is 4.52. The Balaban J connectivity index is 2.97. The van der Waals surface area contributed by atoms with E-state index in [-0.39, 0.29) is 17.5 Å². The van der Waals surface area contributed by atoms with Crippen molar-refractivity contribution in [3.63, 3.8) is 0 Å². The fraction of sp³-hybridized carbons (Fsp3) is 0.533. The predicted molar refractivity (Wildman–Crippen MR) is 75.3 cm³/mol. The van der Waals surface area contributed by atoms with E-state index >= 15 is 0 Å². The largest absolute Gasteiger partial charge is 0.368 e. The van der Waals surface area contributed by atoms with Crippen LogP contribution in [0.2, 0.25) is 0 Å². The highest BCUT2D eigenvalue weighted by Crippen LogP contribution is 2.24. The minimum atomic E-state index is -0.345. The van der Waals surface area contributed by atoms with Crippen LogP contribution in [0, 0.1) is 0 Å². The second-order valence-corrected chi connectivity index (χ2v) is 5.67. The Morgan fingerprint density at radius 2 is 1.89 bits per heavy atom. The van der Waals surface area contributed by atoms with Crippen LogP contribution in [0.5, 0.6) is 0 Å².